The molecular formula is C45H39BN5Pt-3. The molecule has 0 bridgehead atoms. The van der Waals surface area contributed by atoms with Crippen LogP contribution in [0.4, 0.5) is 11.4 Å². The van der Waals surface area contributed by atoms with Gasteiger partial charge in [0.2, 0.25) is 0 Å². The van der Waals surface area contributed by atoms with Gasteiger partial charge in [-0.25, -0.2) is 0 Å². The molecule has 0 amide bonds. The van der Waals surface area contributed by atoms with Crippen molar-refractivity contribution in [2.24, 2.45) is 5.10 Å². The fourth-order valence-corrected chi connectivity index (χ4v) is 7.47. The third-order valence-corrected chi connectivity index (χ3v) is 9.77. The molecule has 5 aromatic carbocycles. The normalized spacial score (nSPS) is 15.1. The first kappa shape index (κ1) is 35.2. The van der Waals surface area contributed by atoms with Crippen LogP contribution in [0.1, 0.15) is 41.6 Å². The largest absolute Gasteiger partial charge is 0.460 e. The minimum absolute atomic E-state index is 0. The summed E-state index contributed by atoms with van der Waals surface area (Å²) < 4.78 is 2.01. The Morgan fingerprint density at radius 2 is 1.40 bits per heavy atom. The summed E-state index contributed by atoms with van der Waals surface area (Å²) >= 11 is 0. The first-order valence-corrected chi connectivity index (χ1v) is 17.6. The first-order chi connectivity index (χ1) is 24.9. The van der Waals surface area contributed by atoms with E-state index in [2.05, 4.69) is 159 Å². The summed E-state index contributed by atoms with van der Waals surface area (Å²) in [5, 5.41) is 12.1. The molecule has 52 heavy (non-hydrogen) atoms. The zero-order valence-electron chi connectivity index (χ0n) is 29.8. The van der Waals surface area contributed by atoms with Crippen molar-refractivity contribution < 1.29 is 21.1 Å². The Kier molecular flexibility index (Phi) is 10.3. The van der Waals surface area contributed by atoms with Crippen LogP contribution in [-0.4, -0.2) is 22.3 Å². The van der Waals surface area contributed by atoms with Gasteiger partial charge < -0.3 is 9.91 Å². The topological polar surface area (TPSA) is 36.7 Å². The molecule has 0 saturated carbocycles. The molecule has 0 spiro atoms. The maximum Gasteiger partial charge on any atom is 0.192 e. The van der Waals surface area contributed by atoms with Gasteiger partial charge in [0.15, 0.2) is 6.71 Å². The van der Waals surface area contributed by atoms with Crippen LogP contribution in [0.5, 0.6) is 0 Å². The van der Waals surface area contributed by atoms with Crippen LogP contribution in [0.25, 0.3) is 16.8 Å². The second-order valence-corrected chi connectivity index (χ2v) is 13.4. The predicted octanol–water partition coefficient (Wildman–Crippen LogP) is 7.96. The number of allylic oxidation sites excluding steroid dienone is 4. The quantitative estimate of drug-likeness (QED) is 0.115. The Labute approximate surface area is 322 Å². The molecule has 0 radical (unpaired) electrons. The Hall–Kier alpha value is -5.19. The van der Waals surface area contributed by atoms with Gasteiger partial charge in [-0.05, 0) is 57.5 Å². The van der Waals surface area contributed by atoms with Crippen molar-refractivity contribution in [2.75, 3.05) is 9.91 Å². The third-order valence-electron chi connectivity index (χ3n) is 9.77. The maximum atomic E-state index is 5.24. The van der Waals surface area contributed by atoms with Gasteiger partial charge in [-0.15, -0.1) is 18.8 Å². The van der Waals surface area contributed by atoms with E-state index in [-0.39, 0.29) is 33.7 Å². The van der Waals surface area contributed by atoms with Crippen molar-refractivity contribution in [3.8, 4) is 16.8 Å². The Bertz CT molecular complexity index is 2270. The summed E-state index contributed by atoms with van der Waals surface area (Å²) in [5.41, 5.74) is 13.4. The zero-order valence-corrected chi connectivity index (χ0v) is 32.0. The van der Waals surface area contributed by atoms with Crippen molar-refractivity contribution in [2.45, 2.75) is 40.0 Å². The summed E-state index contributed by atoms with van der Waals surface area (Å²) in [6, 6.07) is 45.8. The second-order valence-electron chi connectivity index (χ2n) is 13.4. The number of hydrogen-bond donors (Lipinski definition) is 0. The second kappa shape index (κ2) is 15.2. The van der Waals surface area contributed by atoms with Crippen molar-refractivity contribution >= 4 is 40.3 Å². The molecule has 1 aliphatic heterocycles. The number of benzene rings is 5. The molecule has 5 nitrogen and oxygen atoms in total. The number of aromatic nitrogens is 2. The van der Waals surface area contributed by atoms with Crippen LogP contribution < -0.4 is 26.3 Å². The maximum absolute atomic E-state index is 5.24. The van der Waals surface area contributed by atoms with Crippen LogP contribution in [0, 0.1) is 39.6 Å². The number of aryl methyl sites for hydroxylation is 3. The number of hydrazone groups is 1. The predicted molar refractivity (Wildman–Crippen MR) is 213 cm³/mol. The van der Waals surface area contributed by atoms with E-state index >= 15 is 0 Å². The molecule has 0 fully saturated rings. The van der Waals surface area contributed by atoms with Crippen LogP contribution in [0.3, 0.4) is 0 Å². The summed E-state index contributed by atoms with van der Waals surface area (Å²) in [5.74, 6) is 1.11. The summed E-state index contributed by atoms with van der Waals surface area (Å²) in [6.07, 6.45) is 11.8. The van der Waals surface area contributed by atoms with Crippen molar-refractivity contribution in [1.82, 2.24) is 9.78 Å². The number of anilines is 2. The molecular weight excluding hydrogens is 816 g/mol. The summed E-state index contributed by atoms with van der Waals surface area (Å²) in [7, 11) is 0. The van der Waals surface area contributed by atoms with E-state index < -0.39 is 0 Å². The molecule has 2 heterocycles. The standard InChI is InChI=1S/C45H39BN5.Pt/c1-32-26-33(2)44(34(3)27-32)46(39-21-15-25-42(29-39)51-31-49(35(4)47-51)40-22-12-7-13-23-40)38-20-14-24-41(28-38)50-30-43(36-16-8-5-9-17-36)45(48-50)37-18-10-6-11-19-37;/h5-18,20-27,30-31,37H,19H2,1-4H3;/q-3;/t37-;/m1./s1. The molecule has 0 unspecified atom stereocenters. The smallest absolute Gasteiger partial charge is 0.192 e. The minimum atomic E-state index is -0.113. The van der Waals surface area contributed by atoms with Gasteiger partial charge in [0, 0.05) is 44.4 Å². The third kappa shape index (κ3) is 7.01. The Morgan fingerprint density at radius 1 is 0.750 bits per heavy atom. The molecule has 6 aromatic rings. The SMILES string of the molecule is CC1=NN(c2[c-]c(B(c3[c-]c(-n4cc(-c5ccccc5)c([C@@H]5C=CC=CC5)n4)ccc3)c3c(C)cc(C)cc3C)ccc2)[CH-]N1c1ccccc1.[Pt]. The Balaban J connectivity index is 0.00000420. The van der Waals surface area contributed by atoms with Gasteiger partial charge >= 0.3 is 0 Å². The van der Waals surface area contributed by atoms with Gasteiger partial charge in [0.1, 0.15) is 0 Å². The van der Waals surface area contributed by atoms with E-state index in [0.29, 0.717) is 0 Å². The van der Waals surface area contributed by atoms with Gasteiger partial charge in [-0.3, -0.25) is 4.68 Å². The molecule has 2 aliphatic rings. The molecule has 1 atom stereocenters. The van der Waals surface area contributed by atoms with Crippen molar-refractivity contribution in [3.05, 3.63) is 181 Å². The van der Waals surface area contributed by atoms with E-state index in [1.165, 1.54) is 22.2 Å². The molecule has 1 aromatic heterocycles. The number of rotatable bonds is 8. The van der Waals surface area contributed by atoms with Gasteiger partial charge in [0.05, 0.1) is 11.5 Å². The van der Waals surface area contributed by atoms with Crippen molar-refractivity contribution in [3.63, 3.8) is 0 Å². The molecule has 260 valence electrons. The summed E-state index contributed by atoms with van der Waals surface area (Å²) in [6.45, 7) is 10.5. The molecule has 1 aliphatic carbocycles. The van der Waals surface area contributed by atoms with Crippen LogP contribution in [0.2, 0.25) is 0 Å². The van der Waals surface area contributed by atoms with Gasteiger partial charge in [-0.1, -0.05) is 113 Å². The van der Waals surface area contributed by atoms with E-state index in [4.69, 9.17) is 10.2 Å². The average molecular weight is 856 g/mol. The number of hydrogen-bond acceptors (Lipinski definition) is 4. The number of para-hydroxylation sites is 1. The van der Waals surface area contributed by atoms with Crippen LogP contribution in [-0.2, 0) is 21.1 Å². The van der Waals surface area contributed by atoms with E-state index in [1.54, 1.807) is 0 Å². The minimum Gasteiger partial charge on any atom is -0.460 e. The molecule has 0 saturated heterocycles. The van der Waals surface area contributed by atoms with E-state index in [0.717, 1.165) is 57.1 Å². The molecule has 7 heteroatoms. The van der Waals surface area contributed by atoms with E-state index in [1.807, 2.05) is 41.5 Å². The fraction of sp³-hybridized carbons (Fsp3) is 0.133. The Morgan fingerprint density at radius 3 is 2.08 bits per heavy atom. The average Bonchev–Trinajstić information content (AvgIpc) is 3.79. The van der Waals surface area contributed by atoms with Crippen molar-refractivity contribution in [1.29, 1.82) is 0 Å². The molecule has 8 rings (SSSR count). The van der Waals surface area contributed by atoms with Crippen LogP contribution >= 0.6 is 0 Å². The number of nitrogens with zero attached hydrogens (tertiary/aromatic N) is 5. The van der Waals surface area contributed by atoms with Gasteiger partial charge in [0.25, 0.3) is 0 Å². The molecule has 0 N–H and O–H groups in total. The summed E-state index contributed by atoms with van der Waals surface area (Å²) in [4.78, 5) is 2.10. The monoisotopic (exact) mass is 855 g/mol. The fourth-order valence-electron chi connectivity index (χ4n) is 7.47. The number of amidine groups is 1. The van der Waals surface area contributed by atoms with Gasteiger partial charge in [-0.2, -0.15) is 57.5 Å². The van der Waals surface area contributed by atoms with Crippen LogP contribution in [0.15, 0.2) is 145 Å². The zero-order chi connectivity index (χ0) is 34.9. The first-order valence-electron chi connectivity index (χ1n) is 17.6. The van der Waals surface area contributed by atoms with E-state index in [9.17, 15) is 0 Å².